The maximum Gasteiger partial charge on any atom is 0.0572 e. The highest BCUT2D eigenvalue weighted by molar-refractivity contribution is 6.20. The van der Waals surface area contributed by atoms with E-state index in [0.717, 1.165) is 12.8 Å². The topological polar surface area (TPSA) is 20.2 Å². The van der Waals surface area contributed by atoms with Gasteiger partial charge in [-0.05, 0) is 37.5 Å². The normalized spacial score (nSPS) is 48.5. The number of hydrogen-bond donors (Lipinski definition) is 1. The molecule has 0 amide bonds. The largest absolute Gasteiger partial charge is 0.393 e. The summed E-state index contributed by atoms with van der Waals surface area (Å²) in [6.07, 6.45) is 6.95. The Labute approximate surface area is 79.1 Å². The second kappa shape index (κ2) is 3.55. The van der Waals surface area contributed by atoms with E-state index in [1.165, 1.54) is 25.7 Å². The molecular formula is C10H17ClO. The average molecular weight is 189 g/mol. The van der Waals surface area contributed by atoms with Crippen LogP contribution in [0.3, 0.4) is 0 Å². The zero-order valence-corrected chi connectivity index (χ0v) is 8.13. The highest BCUT2D eigenvalue weighted by Crippen LogP contribution is 2.42. The van der Waals surface area contributed by atoms with Gasteiger partial charge in [0.05, 0.1) is 6.10 Å². The summed E-state index contributed by atoms with van der Waals surface area (Å²) in [5, 5.41) is 10.1. The zero-order chi connectivity index (χ0) is 8.55. The SMILES string of the molecule is O[C@H]1CC[C@H](Cl)[C@H]2CCCC[C@@H]21. The third-order valence-corrected chi connectivity index (χ3v) is 4.11. The quantitative estimate of drug-likeness (QED) is 0.580. The lowest BCUT2D eigenvalue weighted by Gasteiger charge is -2.41. The number of hydrogen-bond acceptors (Lipinski definition) is 1. The first-order chi connectivity index (χ1) is 5.79. The Morgan fingerprint density at radius 3 is 2.25 bits per heavy atom. The van der Waals surface area contributed by atoms with Crippen LogP contribution in [-0.4, -0.2) is 16.6 Å². The van der Waals surface area contributed by atoms with Crippen LogP contribution in [-0.2, 0) is 0 Å². The molecule has 2 aliphatic rings. The Hall–Kier alpha value is 0.250. The van der Waals surface area contributed by atoms with Crippen molar-refractivity contribution >= 4 is 11.6 Å². The van der Waals surface area contributed by atoms with E-state index < -0.39 is 0 Å². The number of alkyl halides is 1. The Kier molecular flexibility index (Phi) is 2.61. The van der Waals surface area contributed by atoms with Crippen LogP contribution < -0.4 is 0 Å². The van der Waals surface area contributed by atoms with Crippen molar-refractivity contribution in [2.24, 2.45) is 11.8 Å². The molecule has 0 aromatic heterocycles. The van der Waals surface area contributed by atoms with Crippen molar-refractivity contribution in [1.82, 2.24) is 0 Å². The number of fused-ring (bicyclic) bond motifs is 1. The molecule has 0 radical (unpaired) electrons. The standard InChI is InChI=1S/C10H17ClO/c11-9-5-6-10(12)8-4-2-1-3-7(8)9/h7-10,12H,1-6H2/t7-,8-,9-,10-/m0/s1. The molecule has 70 valence electrons. The van der Waals surface area contributed by atoms with Gasteiger partial charge in [0.1, 0.15) is 0 Å². The number of aliphatic hydroxyl groups is 1. The van der Waals surface area contributed by atoms with E-state index in [-0.39, 0.29) is 6.10 Å². The van der Waals surface area contributed by atoms with Gasteiger partial charge < -0.3 is 5.11 Å². The Morgan fingerprint density at radius 2 is 1.58 bits per heavy atom. The lowest BCUT2D eigenvalue weighted by molar-refractivity contribution is 0.0127. The van der Waals surface area contributed by atoms with E-state index in [2.05, 4.69) is 0 Å². The van der Waals surface area contributed by atoms with Gasteiger partial charge in [0, 0.05) is 5.38 Å². The van der Waals surface area contributed by atoms with Crippen LogP contribution in [0.4, 0.5) is 0 Å². The number of aliphatic hydroxyl groups excluding tert-OH is 1. The van der Waals surface area contributed by atoms with Crippen LogP contribution >= 0.6 is 11.6 Å². The van der Waals surface area contributed by atoms with Crippen molar-refractivity contribution in [3.63, 3.8) is 0 Å². The van der Waals surface area contributed by atoms with Crippen molar-refractivity contribution in [2.45, 2.75) is 50.0 Å². The molecular weight excluding hydrogens is 172 g/mol. The number of halogens is 1. The molecule has 0 aromatic carbocycles. The van der Waals surface area contributed by atoms with E-state index in [0.29, 0.717) is 17.2 Å². The van der Waals surface area contributed by atoms with Crippen molar-refractivity contribution in [1.29, 1.82) is 0 Å². The Morgan fingerprint density at radius 1 is 0.917 bits per heavy atom. The summed E-state index contributed by atoms with van der Waals surface area (Å²) in [6, 6.07) is 0. The second-order valence-corrected chi connectivity index (χ2v) is 4.83. The molecule has 0 bridgehead atoms. The van der Waals surface area contributed by atoms with Gasteiger partial charge in [0.15, 0.2) is 0 Å². The Balaban J connectivity index is 2.05. The maximum atomic E-state index is 9.76. The molecule has 2 heteroatoms. The molecule has 12 heavy (non-hydrogen) atoms. The van der Waals surface area contributed by atoms with Gasteiger partial charge in [-0.2, -0.15) is 0 Å². The highest BCUT2D eigenvalue weighted by atomic mass is 35.5. The molecule has 0 spiro atoms. The summed E-state index contributed by atoms with van der Waals surface area (Å²) in [6.45, 7) is 0. The van der Waals surface area contributed by atoms with Crippen LogP contribution in [0.2, 0.25) is 0 Å². The van der Waals surface area contributed by atoms with Gasteiger partial charge in [-0.3, -0.25) is 0 Å². The van der Waals surface area contributed by atoms with E-state index in [4.69, 9.17) is 11.6 Å². The van der Waals surface area contributed by atoms with Gasteiger partial charge >= 0.3 is 0 Å². The van der Waals surface area contributed by atoms with Crippen molar-refractivity contribution < 1.29 is 5.11 Å². The molecule has 0 saturated heterocycles. The highest BCUT2D eigenvalue weighted by Gasteiger charge is 2.38. The van der Waals surface area contributed by atoms with E-state index in [1.54, 1.807) is 0 Å². The van der Waals surface area contributed by atoms with Crippen LogP contribution in [0.5, 0.6) is 0 Å². The molecule has 2 saturated carbocycles. The summed E-state index contributed by atoms with van der Waals surface area (Å²) in [5.41, 5.74) is 0. The van der Waals surface area contributed by atoms with Gasteiger partial charge in [-0.1, -0.05) is 12.8 Å². The predicted molar refractivity (Wildman–Crippen MR) is 50.3 cm³/mol. The number of rotatable bonds is 0. The maximum absolute atomic E-state index is 9.76. The first-order valence-corrected chi connectivity index (χ1v) is 5.55. The lowest BCUT2D eigenvalue weighted by Crippen LogP contribution is -2.40. The summed E-state index contributed by atoms with van der Waals surface area (Å²) in [7, 11) is 0. The van der Waals surface area contributed by atoms with Crippen LogP contribution in [0.15, 0.2) is 0 Å². The minimum absolute atomic E-state index is 0.0506. The van der Waals surface area contributed by atoms with E-state index >= 15 is 0 Å². The van der Waals surface area contributed by atoms with Crippen molar-refractivity contribution in [3.05, 3.63) is 0 Å². The molecule has 0 aromatic rings. The van der Waals surface area contributed by atoms with Gasteiger partial charge in [0.2, 0.25) is 0 Å². The van der Waals surface area contributed by atoms with Gasteiger partial charge in [-0.25, -0.2) is 0 Å². The molecule has 2 fully saturated rings. The summed E-state index contributed by atoms with van der Waals surface area (Å²) >= 11 is 6.24. The predicted octanol–water partition coefficient (Wildman–Crippen LogP) is 2.55. The smallest absolute Gasteiger partial charge is 0.0572 e. The van der Waals surface area contributed by atoms with Crippen molar-refractivity contribution in [3.8, 4) is 0 Å². The lowest BCUT2D eigenvalue weighted by atomic mass is 9.69. The Bertz CT molecular complexity index is 142. The molecule has 0 heterocycles. The zero-order valence-electron chi connectivity index (χ0n) is 7.38. The van der Waals surface area contributed by atoms with Crippen LogP contribution in [0.1, 0.15) is 38.5 Å². The summed E-state index contributed by atoms with van der Waals surface area (Å²) in [4.78, 5) is 0. The molecule has 4 atom stereocenters. The molecule has 1 nitrogen and oxygen atoms in total. The molecule has 0 unspecified atom stereocenters. The molecule has 2 aliphatic carbocycles. The summed E-state index contributed by atoms with van der Waals surface area (Å²) < 4.78 is 0. The molecule has 0 aliphatic heterocycles. The minimum Gasteiger partial charge on any atom is -0.393 e. The van der Waals surface area contributed by atoms with Gasteiger partial charge in [0.25, 0.3) is 0 Å². The van der Waals surface area contributed by atoms with Crippen LogP contribution in [0, 0.1) is 11.8 Å². The second-order valence-electron chi connectivity index (χ2n) is 4.27. The fourth-order valence-corrected chi connectivity index (χ4v) is 3.31. The fourth-order valence-electron chi connectivity index (χ4n) is 2.87. The molecule has 2 rings (SSSR count). The fraction of sp³-hybridized carbons (Fsp3) is 1.00. The monoisotopic (exact) mass is 188 g/mol. The van der Waals surface area contributed by atoms with Gasteiger partial charge in [-0.15, -0.1) is 11.6 Å². The van der Waals surface area contributed by atoms with E-state index in [9.17, 15) is 5.11 Å². The first-order valence-electron chi connectivity index (χ1n) is 5.11. The third kappa shape index (κ3) is 1.49. The first kappa shape index (κ1) is 8.83. The van der Waals surface area contributed by atoms with Crippen LogP contribution in [0.25, 0.3) is 0 Å². The van der Waals surface area contributed by atoms with E-state index in [1.807, 2.05) is 0 Å². The average Bonchev–Trinajstić information content (AvgIpc) is 2.12. The van der Waals surface area contributed by atoms with Crippen molar-refractivity contribution in [2.75, 3.05) is 0 Å². The molecule has 1 N–H and O–H groups in total. The minimum atomic E-state index is -0.0506. The summed E-state index contributed by atoms with van der Waals surface area (Å²) in [5.74, 6) is 1.14. The third-order valence-electron chi connectivity index (χ3n) is 3.57.